The number of amides is 2. The molecule has 2 atom stereocenters. The number of alkyl carbamates (subject to hydrolysis) is 1. The summed E-state index contributed by atoms with van der Waals surface area (Å²) >= 11 is 1.56. The molecule has 2 aromatic carbocycles. The number of carboxylic acids is 1. The first-order valence-corrected chi connectivity index (χ1v) is 13.1. The summed E-state index contributed by atoms with van der Waals surface area (Å²) in [6.45, 7) is 5.77. The average molecular weight is 499 g/mol. The summed E-state index contributed by atoms with van der Waals surface area (Å²) < 4.78 is 5.61. The van der Waals surface area contributed by atoms with Gasteiger partial charge in [-0.1, -0.05) is 69.3 Å². The van der Waals surface area contributed by atoms with Crippen molar-refractivity contribution in [3.8, 4) is 11.1 Å². The third-order valence-corrected chi connectivity index (χ3v) is 6.95. The predicted molar refractivity (Wildman–Crippen MR) is 139 cm³/mol. The summed E-state index contributed by atoms with van der Waals surface area (Å²) in [5, 5.41) is 14.8. The van der Waals surface area contributed by atoms with Gasteiger partial charge < -0.3 is 20.5 Å². The molecule has 0 radical (unpaired) electrons. The Morgan fingerprint density at radius 2 is 1.57 bits per heavy atom. The molecule has 1 aliphatic carbocycles. The first kappa shape index (κ1) is 26.6. The van der Waals surface area contributed by atoms with Crippen molar-refractivity contribution in [3.05, 3.63) is 59.7 Å². The zero-order valence-corrected chi connectivity index (χ0v) is 21.5. The molecule has 0 bridgehead atoms. The van der Waals surface area contributed by atoms with Crippen molar-refractivity contribution in [1.82, 2.24) is 10.6 Å². The van der Waals surface area contributed by atoms with E-state index in [4.69, 9.17) is 4.74 Å². The Hall–Kier alpha value is -3.00. The zero-order valence-electron chi connectivity index (χ0n) is 20.7. The number of rotatable bonds is 10. The number of thioether (sulfide) groups is 1. The fourth-order valence-corrected chi connectivity index (χ4v) is 4.78. The molecular formula is C27H34N2O5S. The van der Waals surface area contributed by atoms with Crippen LogP contribution in [0.4, 0.5) is 4.79 Å². The van der Waals surface area contributed by atoms with Gasteiger partial charge in [0.1, 0.15) is 12.6 Å². The normalized spacial score (nSPS) is 14.4. The smallest absolute Gasteiger partial charge is 0.407 e. The molecule has 0 spiro atoms. The van der Waals surface area contributed by atoms with Crippen molar-refractivity contribution in [2.45, 2.75) is 51.6 Å². The number of nitrogens with one attached hydrogen (secondary N) is 2. The summed E-state index contributed by atoms with van der Waals surface area (Å²) in [5.41, 5.74) is 4.05. The van der Waals surface area contributed by atoms with E-state index in [0.29, 0.717) is 12.2 Å². The average Bonchev–Trinajstić information content (AvgIpc) is 3.12. The zero-order chi connectivity index (χ0) is 25.6. The molecule has 0 fully saturated rings. The second-order valence-corrected chi connectivity index (χ2v) is 10.8. The van der Waals surface area contributed by atoms with Gasteiger partial charge in [0.25, 0.3) is 0 Å². The van der Waals surface area contributed by atoms with E-state index in [2.05, 4.69) is 22.8 Å². The second kappa shape index (κ2) is 11.6. The quantitative estimate of drug-likeness (QED) is 0.440. The van der Waals surface area contributed by atoms with Crippen LogP contribution in [0.3, 0.4) is 0 Å². The highest BCUT2D eigenvalue weighted by Gasteiger charge is 2.32. The van der Waals surface area contributed by atoms with Crippen LogP contribution in [0.5, 0.6) is 0 Å². The number of fused-ring (bicyclic) bond motifs is 3. The van der Waals surface area contributed by atoms with Crippen LogP contribution in [-0.4, -0.2) is 53.8 Å². The van der Waals surface area contributed by atoms with E-state index in [1.54, 1.807) is 11.8 Å². The van der Waals surface area contributed by atoms with Gasteiger partial charge in [-0.05, 0) is 46.1 Å². The molecule has 2 aromatic rings. The lowest BCUT2D eigenvalue weighted by Gasteiger charge is -2.32. The number of hydrogen-bond donors (Lipinski definition) is 3. The Morgan fingerprint density at radius 1 is 1.00 bits per heavy atom. The lowest BCUT2D eigenvalue weighted by atomic mass is 9.84. The first-order chi connectivity index (χ1) is 16.6. The molecule has 2 unspecified atom stereocenters. The lowest BCUT2D eigenvalue weighted by molar-refractivity contribution is -0.138. The Balaban J connectivity index is 1.67. The fraction of sp³-hybridized carbons (Fsp3) is 0.444. The Labute approximate surface area is 211 Å². The number of hydrogen-bond acceptors (Lipinski definition) is 5. The van der Waals surface area contributed by atoms with Gasteiger partial charge in [-0.15, -0.1) is 0 Å². The van der Waals surface area contributed by atoms with Gasteiger partial charge in [-0.3, -0.25) is 9.59 Å². The minimum absolute atomic E-state index is 0.0764. The van der Waals surface area contributed by atoms with Gasteiger partial charge >= 0.3 is 12.1 Å². The van der Waals surface area contributed by atoms with E-state index >= 15 is 0 Å². The molecule has 2 amide bonds. The molecule has 0 heterocycles. The minimum atomic E-state index is -0.990. The van der Waals surface area contributed by atoms with Crippen LogP contribution in [0.25, 0.3) is 11.1 Å². The van der Waals surface area contributed by atoms with Crippen molar-refractivity contribution < 1.29 is 24.2 Å². The van der Waals surface area contributed by atoms with E-state index in [1.165, 1.54) is 0 Å². The summed E-state index contributed by atoms with van der Waals surface area (Å²) in [6.07, 6.45) is 1.46. The van der Waals surface area contributed by atoms with Crippen LogP contribution < -0.4 is 10.6 Å². The standard InChI is InChI=1S/C27H34N2O5S/c1-27(2,3)23(15-24(30)31)29-25(32)22(13-14-35-4)28-26(33)34-16-21-19-11-7-5-9-17(19)18-10-6-8-12-20(18)21/h5-12,21-23H,13-16H2,1-4H3,(H,28,33)(H,29,32)(H,30,31). The molecule has 7 nitrogen and oxygen atoms in total. The number of carbonyl (C=O) groups is 3. The van der Waals surface area contributed by atoms with Gasteiger partial charge in [0.15, 0.2) is 0 Å². The number of aliphatic carboxylic acids is 1. The van der Waals surface area contributed by atoms with Gasteiger partial charge in [0.05, 0.1) is 6.42 Å². The van der Waals surface area contributed by atoms with Gasteiger partial charge in [0.2, 0.25) is 5.91 Å². The molecule has 1 aliphatic rings. The van der Waals surface area contributed by atoms with Crippen LogP contribution in [0, 0.1) is 5.41 Å². The maximum Gasteiger partial charge on any atom is 0.407 e. The Morgan fingerprint density at radius 3 is 2.09 bits per heavy atom. The highest BCUT2D eigenvalue weighted by atomic mass is 32.2. The minimum Gasteiger partial charge on any atom is -0.481 e. The molecule has 0 saturated heterocycles. The van der Waals surface area contributed by atoms with Crippen molar-refractivity contribution in [2.75, 3.05) is 18.6 Å². The maximum absolute atomic E-state index is 13.0. The molecule has 8 heteroatoms. The number of carboxylic acid groups (broad SMARTS) is 1. The van der Waals surface area contributed by atoms with Crippen molar-refractivity contribution in [1.29, 1.82) is 0 Å². The summed E-state index contributed by atoms with van der Waals surface area (Å²) in [7, 11) is 0. The Bertz CT molecular complexity index is 1020. The van der Waals surface area contributed by atoms with E-state index < -0.39 is 35.5 Å². The molecule has 0 aliphatic heterocycles. The molecule has 0 aromatic heterocycles. The molecule has 0 saturated carbocycles. The highest BCUT2D eigenvalue weighted by Crippen LogP contribution is 2.44. The predicted octanol–water partition coefficient (Wildman–Crippen LogP) is 4.65. The molecule has 3 rings (SSSR count). The molecule has 3 N–H and O–H groups in total. The van der Waals surface area contributed by atoms with Gasteiger partial charge in [-0.2, -0.15) is 11.8 Å². The SMILES string of the molecule is CSCCC(NC(=O)OCC1c2ccccc2-c2ccccc21)C(=O)NC(CC(=O)O)C(C)(C)C. The van der Waals surface area contributed by atoms with Gasteiger partial charge in [-0.25, -0.2) is 4.79 Å². The third-order valence-electron chi connectivity index (χ3n) is 6.30. The number of carbonyl (C=O) groups excluding carboxylic acids is 2. The third kappa shape index (κ3) is 6.78. The van der Waals surface area contributed by atoms with Crippen LogP contribution in [0.2, 0.25) is 0 Å². The van der Waals surface area contributed by atoms with E-state index in [-0.39, 0.29) is 18.9 Å². The van der Waals surface area contributed by atoms with Crippen LogP contribution in [0.1, 0.15) is 50.7 Å². The fourth-order valence-electron chi connectivity index (χ4n) is 4.31. The van der Waals surface area contributed by atoms with E-state index in [0.717, 1.165) is 22.3 Å². The van der Waals surface area contributed by atoms with Crippen LogP contribution >= 0.6 is 11.8 Å². The Kier molecular flexibility index (Phi) is 8.83. The number of benzene rings is 2. The van der Waals surface area contributed by atoms with Gasteiger partial charge in [0, 0.05) is 12.0 Å². The van der Waals surface area contributed by atoms with Crippen LogP contribution in [0.15, 0.2) is 48.5 Å². The monoisotopic (exact) mass is 498 g/mol. The molecule has 35 heavy (non-hydrogen) atoms. The summed E-state index contributed by atoms with van der Waals surface area (Å²) in [6, 6.07) is 14.8. The highest BCUT2D eigenvalue weighted by molar-refractivity contribution is 7.98. The lowest BCUT2D eigenvalue weighted by Crippen LogP contribution is -2.53. The van der Waals surface area contributed by atoms with Crippen molar-refractivity contribution >= 4 is 29.7 Å². The second-order valence-electron chi connectivity index (χ2n) is 9.83. The van der Waals surface area contributed by atoms with Crippen LogP contribution in [-0.2, 0) is 14.3 Å². The summed E-state index contributed by atoms with van der Waals surface area (Å²) in [5.74, 6) is -0.822. The maximum atomic E-state index is 13.0. The largest absolute Gasteiger partial charge is 0.481 e. The first-order valence-electron chi connectivity index (χ1n) is 11.7. The van der Waals surface area contributed by atoms with Crippen molar-refractivity contribution in [3.63, 3.8) is 0 Å². The summed E-state index contributed by atoms with van der Waals surface area (Å²) in [4.78, 5) is 37.1. The van der Waals surface area contributed by atoms with E-state index in [1.807, 2.05) is 63.4 Å². The topological polar surface area (TPSA) is 105 Å². The van der Waals surface area contributed by atoms with Crippen molar-refractivity contribution in [2.24, 2.45) is 5.41 Å². The molecule has 188 valence electrons. The number of ether oxygens (including phenoxy) is 1. The van der Waals surface area contributed by atoms with E-state index in [9.17, 15) is 19.5 Å². The molecular weight excluding hydrogens is 464 g/mol.